The van der Waals surface area contributed by atoms with Gasteiger partial charge in [0, 0.05) is 16.7 Å². The summed E-state index contributed by atoms with van der Waals surface area (Å²) in [6.07, 6.45) is 5.96. The van der Waals surface area contributed by atoms with Gasteiger partial charge in [-0.2, -0.15) is 0 Å². The second kappa shape index (κ2) is 8.40. The maximum atomic E-state index is 5.96. The van der Waals surface area contributed by atoms with Gasteiger partial charge < -0.3 is 0 Å². The van der Waals surface area contributed by atoms with E-state index in [-0.39, 0.29) is 0 Å². The lowest BCUT2D eigenvalue weighted by Crippen LogP contribution is -2.55. The number of aromatic nitrogens is 2. The van der Waals surface area contributed by atoms with Crippen molar-refractivity contribution in [3.8, 4) is 29.4 Å². The summed E-state index contributed by atoms with van der Waals surface area (Å²) < 4.78 is 2.29. The van der Waals surface area contributed by atoms with E-state index >= 15 is 0 Å². The normalized spacial score (nSPS) is 11.9. The summed E-state index contributed by atoms with van der Waals surface area (Å²) >= 11 is 0. The van der Waals surface area contributed by atoms with Gasteiger partial charge in [-0.25, -0.2) is 4.98 Å². The fourth-order valence-electron chi connectivity index (χ4n) is 4.64. The minimum Gasteiger partial charge on any atom is -0.292 e. The first-order valence-electron chi connectivity index (χ1n) is 11.1. The van der Waals surface area contributed by atoms with Crippen molar-refractivity contribution in [2.45, 2.75) is 6.92 Å². The highest BCUT2D eigenvalue weighted by molar-refractivity contribution is 6.68. The van der Waals surface area contributed by atoms with Crippen molar-refractivity contribution in [1.29, 1.82) is 0 Å². The van der Waals surface area contributed by atoms with Gasteiger partial charge in [-0.15, -0.1) is 22.8 Å². The lowest BCUT2D eigenvalue weighted by atomic mass is 9.60. The highest BCUT2D eigenvalue weighted by Crippen LogP contribution is 2.31. The molecular formula is C24H24B6N2. The molecule has 2 nitrogen and oxygen atoms in total. The Balaban J connectivity index is 2.19. The lowest BCUT2D eigenvalue weighted by molar-refractivity contribution is 1.10. The van der Waals surface area contributed by atoms with Crippen LogP contribution in [-0.4, -0.2) is 56.6 Å². The first-order valence-corrected chi connectivity index (χ1v) is 11.1. The van der Waals surface area contributed by atoms with E-state index in [0.29, 0.717) is 0 Å². The van der Waals surface area contributed by atoms with Crippen LogP contribution in [0.2, 0.25) is 0 Å². The van der Waals surface area contributed by atoms with Gasteiger partial charge in [0.15, 0.2) is 0 Å². The van der Waals surface area contributed by atoms with Gasteiger partial charge in [0.05, 0.1) is 16.7 Å². The Hall–Kier alpha value is -3.18. The molecule has 0 aliphatic heterocycles. The molecule has 4 aromatic rings. The van der Waals surface area contributed by atoms with Crippen LogP contribution in [0.15, 0.2) is 54.0 Å². The largest absolute Gasteiger partial charge is 0.292 e. The average molecular weight is 405 g/mol. The number of hydrogen-bond acceptors (Lipinski definition) is 1. The summed E-state index contributed by atoms with van der Waals surface area (Å²) in [5.41, 5.74) is 14.0. The van der Waals surface area contributed by atoms with Crippen LogP contribution in [0.4, 0.5) is 0 Å². The molecule has 0 aliphatic rings. The predicted octanol–water partition coefficient (Wildman–Crippen LogP) is -4.02. The molecule has 32 heavy (non-hydrogen) atoms. The molecule has 4 rings (SSSR count). The van der Waals surface area contributed by atoms with E-state index in [1.54, 1.807) is 0 Å². The van der Waals surface area contributed by atoms with E-state index in [0.717, 1.165) is 39.2 Å². The fraction of sp³-hybridized carbons (Fsp3) is 0.0417. The van der Waals surface area contributed by atoms with Crippen LogP contribution in [0.25, 0.3) is 33.7 Å². The van der Waals surface area contributed by atoms with Crippen molar-refractivity contribution in [3.05, 3.63) is 59.6 Å². The lowest BCUT2D eigenvalue weighted by Gasteiger charge is -2.22. The van der Waals surface area contributed by atoms with Crippen molar-refractivity contribution in [1.82, 2.24) is 9.55 Å². The third-order valence-corrected chi connectivity index (χ3v) is 6.84. The monoisotopic (exact) mass is 406 g/mol. The Labute approximate surface area is 196 Å². The molecule has 148 valence electrons. The number of allylic oxidation sites excluding steroid dienone is 2. The molecule has 8 heteroatoms. The topological polar surface area (TPSA) is 17.8 Å². The van der Waals surface area contributed by atoms with E-state index in [1.807, 2.05) is 6.07 Å². The highest BCUT2D eigenvalue weighted by atomic mass is 15.1. The Morgan fingerprint density at radius 3 is 2.03 bits per heavy atom. The van der Waals surface area contributed by atoms with Gasteiger partial charge in [-0.05, 0) is 18.2 Å². The number of nitrogens with zero attached hydrogens (tertiary/aromatic N) is 2. The van der Waals surface area contributed by atoms with Gasteiger partial charge in [0.1, 0.15) is 52.9 Å². The molecule has 1 aromatic heterocycles. The summed E-state index contributed by atoms with van der Waals surface area (Å²) in [6, 6.07) is 16.7. The summed E-state index contributed by atoms with van der Waals surface area (Å²) in [5, 5.41) is 0. The number of benzene rings is 3. The predicted molar refractivity (Wildman–Crippen MR) is 157 cm³/mol. The molecule has 0 amide bonds. The zero-order valence-corrected chi connectivity index (χ0v) is 20.1. The van der Waals surface area contributed by atoms with E-state index in [4.69, 9.17) is 11.4 Å². The van der Waals surface area contributed by atoms with E-state index in [9.17, 15) is 0 Å². The smallest absolute Gasteiger partial charge is 0.144 e. The molecule has 0 N–H and O–H groups in total. The first-order chi connectivity index (χ1) is 15.3. The Morgan fingerprint density at radius 1 is 0.844 bits per heavy atom. The minimum absolute atomic E-state index is 0.925. The van der Waals surface area contributed by atoms with Crippen LogP contribution in [0.5, 0.6) is 0 Å². The molecule has 0 aliphatic carbocycles. The molecule has 0 spiro atoms. The van der Waals surface area contributed by atoms with Crippen molar-refractivity contribution in [2.75, 3.05) is 0 Å². The Morgan fingerprint density at radius 2 is 1.41 bits per heavy atom. The number of terminal acetylenes is 1. The van der Waals surface area contributed by atoms with Crippen LogP contribution < -0.4 is 27.3 Å². The van der Waals surface area contributed by atoms with Crippen molar-refractivity contribution in [3.63, 3.8) is 0 Å². The zero-order chi connectivity index (χ0) is 23.2. The molecule has 0 saturated carbocycles. The number of fused-ring (bicyclic) bond motifs is 1. The molecule has 0 atom stereocenters. The molecular weight excluding hydrogens is 381 g/mol. The van der Waals surface area contributed by atoms with Gasteiger partial charge >= 0.3 is 0 Å². The third kappa shape index (κ3) is 3.37. The van der Waals surface area contributed by atoms with Gasteiger partial charge in [-0.3, -0.25) is 4.57 Å². The molecule has 0 unspecified atom stereocenters. The Bertz CT molecular complexity index is 1430. The summed E-state index contributed by atoms with van der Waals surface area (Å²) in [5.74, 6) is 3.88. The highest BCUT2D eigenvalue weighted by Gasteiger charge is 2.22. The average Bonchev–Trinajstić information content (AvgIpc) is 3.16. The molecule has 0 fully saturated rings. The molecule has 0 radical (unpaired) electrons. The zero-order valence-electron chi connectivity index (χ0n) is 20.1. The summed E-state index contributed by atoms with van der Waals surface area (Å²) in [7, 11) is 13.1. The van der Waals surface area contributed by atoms with Crippen molar-refractivity contribution < 1.29 is 0 Å². The number of imidazole rings is 1. The maximum absolute atomic E-state index is 5.96. The molecule has 0 bridgehead atoms. The van der Waals surface area contributed by atoms with Crippen molar-refractivity contribution in [2.24, 2.45) is 0 Å². The number of hydrogen-bond donors (Lipinski definition) is 0. The van der Waals surface area contributed by atoms with Crippen LogP contribution in [0.3, 0.4) is 0 Å². The van der Waals surface area contributed by atoms with Crippen LogP contribution in [0, 0.1) is 12.3 Å². The first kappa shape index (κ1) is 22.0. The third-order valence-electron chi connectivity index (χ3n) is 6.84. The standard InChI is InChI=1S/C24H24B6N2/c1-3-13(12(2)25)14-8-4-6-10-16(14)32-17-11-7-5-9-15(17)31-24(32)18-19(26)21(28)23(30)22(29)20(18)27/h1,4-11H,25-30H2,2H3/b13-12-. The van der Waals surface area contributed by atoms with Crippen LogP contribution >= 0.6 is 0 Å². The second-order valence-electron chi connectivity index (χ2n) is 8.80. The van der Waals surface area contributed by atoms with E-state index in [2.05, 4.69) is 107 Å². The van der Waals surface area contributed by atoms with Crippen LogP contribution in [0.1, 0.15) is 12.5 Å². The van der Waals surface area contributed by atoms with Gasteiger partial charge in [0.25, 0.3) is 0 Å². The molecule has 0 saturated heterocycles. The van der Waals surface area contributed by atoms with Crippen LogP contribution in [-0.2, 0) is 0 Å². The second-order valence-corrected chi connectivity index (χ2v) is 8.80. The van der Waals surface area contributed by atoms with E-state index < -0.39 is 0 Å². The minimum atomic E-state index is 0.925. The SMILES string of the molecule is B/C(C)=C(/C#C)c1ccccc1-n1c(-c2c(B)c(B)c(B)c(B)c2B)nc2ccccc21. The van der Waals surface area contributed by atoms with Crippen molar-refractivity contribution >= 4 is 91.0 Å². The summed E-state index contributed by atoms with van der Waals surface area (Å²) in [6.45, 7) is 2.07. The molecule has 1 heterocycles. The van der Waals surface area contributed by atoms with Gasteiger partial charge in [0.2, 0.25) is 0 Å². The number of rotatable bonds is 3. The Kier molecular flexibility index (Phi) is 5.78. The fourth-order valence-corrected chi connectivity index (χ4v) is 4.64. The summed E-state index contributed by atoms with van der Waals surface area (Å²) in [4.78, 5) is 5.16. The maximum Gasteiger partial charge on any atom is 0.144 e. The quantitative estimate of drug-likeness (QED) is 0.251. The van der Waals surface area contributed by atoms with E-state index in [1.165, 1.54) is 32.9 Å². The van der Waals surface area contributed by atoms with Gasteiger partial charge in [-0.1, -0.05) is 59.6 Å². The number of para-hydroxylation sites is 3. The molecule has 3 aromatic carbocycles.